The van der Waals surface area contributed by atoms with E-state index in [0.717, 1.165) is 38.5 Å². The molecule has 0 spiro atoms. The van der Waals surface area contributed by atoms with Gasteiger partial charge in [-0.2, -0.15) is 0 Å². The van der Waals surface area contributed by atoms with E-state index in [9.17, 15) is 19.0 Å². The molecule has 0 N–H and O–H groups in total. The lowest BCUT2D eigenvalue weighted by Crippen LogP contribution is -2.37. The molecule has 0 bridgehead atoms. The van der Waals surface area contributed by atoms with Gasteiger partial charge in [0.1, 0.15) is 19.8 Å². The van der Waals surface area contributed by atoms with Crippen LogP contribution in [0.4, 0.5) is 0 Å². The van der Waals surface area contributed by atoms with Crippen molar-refractivity contribution in [2.45, 2.75) is 437 Å². The Bertz CT molecular complexity index is 1580. The van der Waals surface area contributed by atoms with Crippen LogP contribution in [0.1, 0.15) is 431 Å². The number of hydrogen-bond donors (Lipinski definition) is 0. The number of allylic oxidation sites excluding steroid dienone is 4. The maximum Gasteiger partial charge on any atom is 0.306 e. The molecule has 0 saturated carbocycles. The summed E-state index contributed by atoms with van der Waals surface area (Å²) in [6.07, 6.45) is 93.1. The molecule has 0 aromatic carbocycles. The first-order valence-electron chi connectivity index (χ1n) is 40.5. The number of rotatable bonds is 77. The molecular weight excluding hydrogens is 1150 g/mol. The average molecular weight is 1310 g/mol. The predicted molar refractivity (Wildman–Crippen MR) is 393 cm³/mol. The third kappa shape index (κ3) is 77.4. The summed E-state index contributed by atoms with van der Waals surface area (Å²) in [5.41, 5.74) is 0. The molecule has 10 heteroatoms. The average Bonchev–Trinajstić information content (AvgIpc) is 3.73. The van der Waals surface area contributed by atoms with Crippen LogP contribution in [0.25, 0.3) is 0 Å². The minimum absolute atomic E-state index is 0.0262. The molecule has 2 atom stereocenters. The van der Waals surface area contributed by atoms with Crippen molar-refractivity contribution >= 4 is 19.8 Å². The summed E-state index contributed by atoms with van der Waals surface area (Å²) < 4.78 is 34.4. The van der Waals surface area contributed by atoms with Crippen LogP contribution in [0.3, 0.4) is 0 Å². The van der Waals surface area contributed by atoms with Gasteiger partial charge in [-0.25, -0.2) is 0 Å². The van der Waals surface area contributed by atoms with E-state index in [0.29, 0.717) is 17.4 Å². The number of hydrogen-bond acceptors (Lipinski definition) is 8. The highest BCUT2D eigenvalue weighted by Crippen LogP contribution is 2.38. The summed E-state index contributed by atoms with van der Waals surface area (Å²) in [6.45, 7) is 4.32. The van der Waals surface area contributed by atoms with E-state index in [2.05, 4.69) is 38.2 Å². The third-order valence-corrected chi connectivity index (χ3v) is 19.7. The van der Waals surface area contributed by atoms with Crippen LogP contribution in [0.15, 0.2) is 24.3 Å². The number of nitrogens with zero attached hydrogens (tertiary/aromatic N) is 1. The van der Waals surface area contributed by atoms with E-state index in [1.54, 1.807) is 0 Å². The van der Waals surface area contributed by atoms with E-state index >= 15 is 0 Å². The van der Waals surface area contributed by atoms with E-state index in [1.165, 1.54) is 360 Å². The normalized spacial score (nSPS) is 13.1. The van der Waals surface area contributed by atoms with Crippen molar-refractivity contribution in [3.8, 4) is 0 Å². The molecule has 91 heavy (non-hydrogen) atoms. The molecule has 2 unspecified atom stereocenters. The van der Waals surface area contributed by atoms with E-state index in [1.807, 2.05) is 21.1 Å². The molecule has 0 aliphatic rings. The topological polar surface area (TPSA) is 111 Å². The molecule has 0 aromatic heterocycles. The van der Waals surface area contributed by atoms with Gasteiger partial charge in [-0.05, 0) is 44.9 Å². The first-order chi connectivity index (χ1) is 44.5. The van der Waals surface area contributed by atoms with E-state index in [-0.39, 0.29) is 32.0 Å². The molecule has 0 fully saturated rings. The molecule has 0 rings (SSSR count). The number of quaternary nitrogens is 1. The predicted octanol–water partition coefficient (Wildman–Crippen LogP) is 26.2. The van der Waals surface area contributed by atoms with Gasteiger partial charge in [0, 0.05) is 12.8 Å². The lowest BCUT2D eigenvalue weighted by molar-refractivity contribution is -0.870. The second-order valence-corrected chi connectivity index (χ2v) is 30.6. The molecule has 0 radical (unpaired) electrons. The minimum Gasteiger partial charge on any atom is -0.756 e. The van der Waals surface area contributed by atoms with E-state index < -0.39 is 26.5 Å². The maximum absolute atomic E-state index is 12.9. The number of ether oxygens (including phenoxy) is 2. The fraction of sp³-hybridized carbons (Fsp3) is 0.926. The molecule has 0 amide bonds. The summed E-state index contributed by atoms with van der Waals surface area (Å²) >= 11 is 0. The van der Waals surface area contributed by atoms with E-state index in [4.69, 9.17) is 18.5 Å². The summed E-state index contributed by atoms with van der Waals surface area (Å²) in [4.78, 5) is 38.2. The number of phosphoric ester groups is 1. The largest absolute Gasteiger partial charge is 0.756 e. The molecule has 0 aromatic rings. The fourth-order valence-electron chi connectivity index (χ4n) is 12.5. The van der Waals surface area contributed by atoms with Crippen molar-refractivity contribution in [2.24, 2.45) is 0 Å². The number of carbonyl (C=O) groups is 2. The summed E-state index contributed by atoms with van der Waals surface area (Å²) in [5, 5.41) is 0. The lowest BCUT2D eigenvalue weighted by atomic mass is 10.0. The highest BCUT2D eigenvalue weighted by molar-refractivity contribution is 7.45. The highest BCUT2D eigenvalue weighted by atomic mass is 31.2. The zero-order valence-corrected chi connectivity index (χ0v) is 62.7. The van der Waals surface area contributed by atoms with Crippen molar-refractivity contribution in [1.29, 1.82) is 0 Å². The van der Waals surface area contributed by atoms with Crippen LogP contribution in [0.5, 0.6) is 0 Å². The first kappa shape index (κ1) is 89.5. The summed E-state index contributed by atoms with van der Waals surface area (Å²) in [5.74, 6) is -0.804. The second kappa shape index (κ2) is 72.8. The Morgan fingerprint density at radius 1 is 0.341 bits per heavy atom. The number of likely N-dealkylation sites (N-methyl/N-ethyl adjacent to an activating group) is 1. The van der Waals surface area contributed by atoms with Crippen LogP contribution in [0.2, 0.25) is 0 Å². The Hall–Kier alpha value is -1.51. The Morgan fingerprint density at radius 3 is 0.868 bits per heavy atom. The number of esters is 2. The third-order valence-electron chi connectivity index (χ3n) is 18.7. The first-order valence-corrected chi connectivity index (χ1v) is 42.0. The Morgan fingerprint density at radius 2 is 0.593 bits per heavy atom. The summed E-state index contributed by atoms with van der Waals surface area (Å²) in [6, 6.07) is 0. The van der Waals surface area contributed by atoms with Gasteiger partial charge in [0.25, 0.3) is 7.82 Å². The van der Waals surface area contributed by atoms with Crippen molar-refractivity contribution in [2.75, 3.05) is 47.5 Å². The number of phosphoric acid groups is 1. The quantitative estimate of drug-likeness (QED) is 0.0195. The van der Waals surface area contributed by atoms with Gasteiger partial charge < -0.3 is 27.9 Å². The zero-order chi connectivity index (χ0) is 66.2. The van der Waals surface area contributed by atoms with Crippen LogP contribution in [0, 0.1) is 0 Å². The van der Waals surface area contributed by atoms with Crippen LogP contribution in [-0.4, -0.2) is 70.0 Å². The van der Waals surface area contributed by atoms with Gasteiger partial charge in [-0.3, -0.25) is 14.2 Å². The molecule has 0 saturated heterocycles. The molecule has 0 aliphatic heterocycles. The molecule has 9 nitrogen and oxygen atoms in total. The summed E-state index contributed by atoms with van der Waals surface area (Å²) in [7, 11) is 1.20. The van der Waals surface area contributed by atoms with Crippen LogP contribution >= 0.6 is 7.82 Å². The van der Waals surface area contributed by atoms with Gasteiger partial charge in [-0.1, -0.05) is 398 Å². The minimum atomic E-state index is -4.64. The zero-order valence-electron chi connectivity index (χ0n) is 61.8. The lowest BCUT2D eigenvalue weighted by Gasteiger charge is -2.28. The Kier molecular flexibility index (Phi) is 71.5. The van der Waals surface area contributed by atoms with Crippen molar-refractivity contribution in [1.82, 2.24) is 0 Å². The highest BCUT2D eigenvalue weighted by Gasteiger charge is 2.22. The van der Waals surface area contributed by atoms with Crippen molar-refractivity contribution in [3.63, 3.8) is 0 Å². The van der Waals surface area contributed by atoms with Gasteiger partial charge in [-0.15, -0.1) is 0 Å². The van der Waals surface area contributed by atoms with Crippen LogP contribution in [-0.2, 0) is 32.7 Å². The molecule has 0 heterocycles. The number of unbranched alkanes of at least 4 members (excludes halogenated alkanes) is 59. The van der Waals surface area contributed by atoms with Gasteiger partial charge in [0.05, 0.1) is 27.7 Å². The monoisotopic (exact) mass is 1300 g/mol. The molecule has 540 valence electrons. The Labute approximate surface area is 568 Å². The number of carbonyl (C=O) groups excluding carboxylic acids is 2. The smallest absolute Gasteiger partial charge is 0.306 e. The standard InChI is InChI=1S/C81H158NO8P/c1-6-8-10-12-14-16-18-20-22-24-26-28-30-32-34-36-38-40-41-42-44-46-48-50-52-54-56-58-60-62-64-66-68-70-72-74-81(84)90-79(78-89-91(85,86)88-76-75-82(3,4)5)77-87-80(83)73-71-69-67-65-63-61-59-57-55-53-51-49-47-45-43-39-37-35-33-31-29-27-25-23-21-19-17-15-13-11-9-7-2/h18,20,24,26,79H,6-17,19,21-23,25,27-78H2,1-5H3/b20-18-,26-24-. The van der Waals surface area contributed by atoms with Gasteiger partial charge in [0.15, 0.2) is 6.10 Å². The van der Waals surface area contributed by atoms with Crippen molar-refractivity contribution in [3.05, 3.63) is 24.3 Å². The van der Waals surface area contributed by atoms with Gasteiger partial charge in [0.2, 0.25) is 0 Å². The van der Waals surface area contributed by atoms with Crippen molar-refractivity contribution < 1.29 is 42.1 Å². The Balaban J connectivity index is 3.89. The molecular formula is C81H158NO8P. The maximum atomic E-state index is 12.9. The van der Waals surface area contributed by atoms with Crippen LogP contribution < -0.4 is 4.89 Å². The SMILES string of the molecule is CCCCCCC/C=C\C/C=C\CCCCCCCCCCCCCCCCCCCCCCCCCC(=O)OC(COC(=O)CCCCCCCCCCCCCCCCCCCCCCCCCCCCCCCCCC)COP(=O)([O-])OCC[N+](C)(C)C. The fourth-order valence-corrected chi connectivity index (χ4v) is 13.2. The second-order valence-electron chi connectivity index (χ2n) is 29.1. The van der Waals surface area contributed by atoms with Gasteiger partial charge >= 0.3 is 11.9 Å². The molecule has 0 aliphatic carbocycles.